The predicted octanol–water partition coefficient (Wildman–Crippen LogP) is 4.66. The summed E-state index contributed by atoms with van der Waals surface area (Å²) in [6.45, 7) is 0.0896. The van der Waals surface area contributed by atoms with Crippen molar-refractivity contribution in [2.24, 2.45) is 0 Å². The molecule has 0 saturated carbocycles. The largest absolute Gasteiger partial charge is 0.494 e. The summed E-state index contributed by atoms with van der Waals surface area (Å²) in [6.07, 6.45) is 1.60. The lowest BCUT2D eigenvalue weighted by molar-refractivity contribution is -0.385. The number of anilines is 2. The monoisotopic (exact) mass is 560 g/mol. The Kier molecular flexibility index (Phi) is 8.92. The van der Waals surface area contributed by atoms with E-state index in [0.717, 1.165) is 4.90 Å². The number of carbonyl (C=O) groups excluding carboxylic acids is 4. The molecule has 12 nitrogen and oxygen atoms in total. The van der Waals surface area contributed by atoms with E-state index < -0.39 is 22.4 Å². The first-order valence-corrected chi connectivity index (χ1v) is 12.8. The minimum absolute atomic E-state index is 0.0265. The zero-order valence-corrected chi connectivity index (χ0v) is 22.5. The summed E-state index contributed by atoms with van der Waals surface area (Å²) in [5.74, 6) is -1.21. The summed E-state index contributed by atoms with van der Waals surface area (Å²) in [5.41, 5.74) is 0.652. The van der Waals surface area contributed by atoms with Crippen molar-refractivity contribution in [3.63, 3.8) is 0 Å². The maximum Gasteiger partial charge on any atom is 0.282 e. The number of hydrogen-bond donors (Lipinski definition) is 2. The van der Waals surface area contributed by atoms with E-state index in [1.165, 1.54) is 32.4 Å². The predicted molar refractivity (Wildman–Crippen MR) is 150 cm³/mol. The van der Waals surface area contributed by atoms with Gasteiger partial charge in [0.2, 0.25) is 5.91 Å². The Hall–Kier alpha value is -5.26. The number of nitro groups is 1. The highest BCUT2D eigenvalue weighted by atomic mass is 16.6. The van der Waals surface area contributed by atoms with Crippen LogP contribution >= 0.6 is 0 Å². The molecule has 0 bridgehead atoms. The quantitative estimate of drug-likeness (QED) is 0.140. The van der Waals surface area contributed by atoms with Crippen LogP contribution in [0, 0.1) is 10.1 Å². The highest BCUT2D eigenvalue weighted by Gasteiger charge is 2.40. The van der Waals surface area contributed by atoms with E-state index in [1.54, 1.807) is 36.4 Å². The lowest BCUT2D eigenvalue weighted by Crippen LogP contribution is -2.30. The number of rotatable bonds is 12. The second-order valence-electron chi connectivity index (χ2n) is 9.15. The summed E-state index contributed by atoms with van der Waals surface area (Å²) in [5, 5.41) is 16.8. The number of hydrogen-bond acceptors (Lipinski definition) is 8. The SMILES string of the molecule is COc1cc(NC(=O)c2ccccc2)c(OC)cc1NC(=O)CCCCCN1C(=O)c2cccc([N+](=O)[O-])c2C1=O. The smallest absolute Gasteiger partial charge is 0.282 e. The number of ether oxygens (including phenoxy) is 2. The fourth-order valence-corrected chi connectivity index (χ4v) is 4.49. The second kappa shape index (κ2) is 12.7. The minimum atomic E-state index is -0.681. The van der Waals surface area contributed by atoms with Crippen molar-refractivity contribution in [3.8, 4) is 11.5 Å². The van der Waals surface area contributed by atoms with Gasteiger partial charge in [0.25, 0.3) is 23.4 Å². The number of fused-ring (bicyclic) bond motifs is 1. The van der Waals surface area contributed by atoms with Crippen LogP contribution in [0.25, 0.3) is 0 Å². The molecule has 2 N–H and O–H groups in total. The van der Waals surface area contributed by atoms with Crippen molar-refractivity contribution in [2.45, 2.75) is 25.7 Å². The molecule has 0 aliphatic carbocycles. The molecule has 0 saturated heterocycles. The second-order valence-corrected chi connectivity index (χ2v) is 9.15. The number of unbranched alkanes of at least 4 members (excludes halogenated alkanes) is 2. The molecule has 0 spiro atoms. The number of nitro benzene ring substituents is 1. The van der Waals surface area contributed by atoms with Crippen LogP contribution in [0.5, 0.6) is 11.5 Å². The third kappa shape index (κ3) is 6.32. The molecule has 1 heterocycles. The molecular formula is C29H28N4O8. The highest BCUT2D eigenvalue weighted by Crippen LogP contribution is 2.37. The molecule has 0 radical (unpaired) electrons. The molecule has 3 aromatic rings. The first-order valence-electron chi connectivity index (χ1n) is 12.8. The third-order valence-corrected chi connectivity index (χ3v) is 6.54. The molecule has 0 unspecified atom stereocenters. The molecule has 12 heteroatoms. The minimum Gasteiger partial charge on any atom is -0.494 e. The van der Waals surface area contributed by atoms with Gasteiger partial charge in [-0.3, -0.25) is 34.2 Å². The van der Waals surface area contributed by atoms with Gasteiger partial charge in [0.1, 0.15) is 17.1 Å². The topological polar surface area (TPSA) is 157 Å². The molecule has 3 aromatic carbocycles. The van der Waals surface area contributed by atoms with Gasteiger partial charge in [0.05, 0.1) is 36.1 Å². The van der Waals surface area contributed by atoms with Crippen molar-refractivity contribution in [1.29, 1.82) is 0 Å². The number of methoxy groups -OCH3 is 2. The number of amides is 4. The van der Waals surface area contributed by atoms with Crippen molar-refractivity contribution in [3.05, 3.63) is 87.5 Å². The van der Waals surface area contributed by atoms with Crippen molar-refractivity contribution in [1.82, 2.24) is 4.90 Å². The van der Waals surface area contributed by atoms with Crippen LogP contribution in [0.3, 0.4) is 0 Å². The lowest BCUT2D eigenvalue weighted by Gasteiger charge is -2.16. The Bertz CT molecular complexity index is 1510. The average molecular weight is 561 g/mol. The molecule has 0 fully saturated rings. The van der Waals surface area contributed by atoms with Crippen LogP contribution in [-0.4, -0.2) is 54.2 Å². The van der Waals surface area contributed by atoms with Gasteiger partial charge in [0, 0.05) is 36.7 Å². The number of benzene rings is 3. The van der Waals surface area contributed by atoms with E-state index in [4.69, 9.17) is 9.47 Å². The van der Waals surface area contributed by atoms with E-state index in [-0.39, 0.29) is 35.9 Å². The molecule has 41 heavy (non-hydrogen) atoms. The molecule has 1 aliphatic heterocycles. The Morgan fingerprint density at radius 2 is 1.51 bits per heavy atom. The molecule has 4 rings (SSSR count). The zero-order valence-electron chi connectivity index (χ0n) is 22.5. The van der Waals surface area contributed by atoms with Crippen LogP contribution in [0.2, 0.25) is 0 Å². The molecule has 1 aliphatic rings. The number of imide groups is 1. The first kappa shape index (κ1) is 28.7. The fourth-order valence-electron chi connectivity index (χ4n) is 4.49. The summed E-state index contributed by atoms with van der Waals surface area (Å²) in [6, 6.07) is 15.8. The van der Waals surface area contributed by atoms with Crippen molar-refractivity contribution >= 4 is 40.7 Å². The van der Waals surface area contributed by atoms with Gasteiger partial charge in [-0.1, -0.05) is 30.7 Å². The third-order valence-electron chi connectivity index (χ3n) is 6.54. The lowest BCUT2D eigenvalue weighted by atomic mass is 10.1. The molecule has 0 aromatic heterocycles. The van der Waals surface area contributed by atoms with Gasteiger partial charge in [-0.2, -0.15) is 0 Å². The Balaban J connectivity index is 1.30. The van der Waals surface area contributed by atoms with Gasteiger partial charge in [0.15, 0.2) is 0 Å². The number of nitrogens with zero attached hydrogens (tertiary/aromatic N) is 2. The van der Waals surface area contributed by atoms with Crippen molar-refractivity contribution in [2.75, 3.05) is 31.4 Å². The van der Waals surface area contributed by atoms with Gasteiger partial charge in [-0.05, 0) is 31.0 Å². The van der Waals surface area contributed by atoms with E-state index in [1.807, 2.05) is 6.07 Å². The Morgan fingerprint density at radius 3 is 2.15 bits per heavy atom. The molecular weight excluding hydrogens is 532 g/mol. The van der Waals surface area contributed by atoms with Gasteiger partial charge in [-0.25, -0.2) is 0 Å². The summed E-state index contributed by atoms with van der Waals surface area (Å²) in [7, 11) is 2.88. The first-order chi connectivity index (χ1) is 19.7. The van der Waals surface area contributed by atoms with E-state index >= 15 is 0 Å². The summed E-state index contributed by atoms with van der Waals surface area (Å²) < 4.78 is 10.8. The van der Waals surface area contributed by atoms with Crippen LogP contribution < -0.4 is 20.1 Å². The number of nitrogens with one attached hydrogen (secondary N) is 2. The maximum atomic E-state index is 12.7. The van der Waals surface area contributed by atoms with Gasteiger partial charge < -0.3 is 20.1 Å². The van der Waals surface area contributed by atoms with E-state index in [9.17, 15) is 29.3 Å². The molecule has 212 valence electrons. The van der Waals surface area contributed by atoms with E-state index in [0.29, 0.717) is 47.7 Å². The van der Waals surface area contributed by atoms with Crippen LogP contribution in [0.4, 0.5) is 17.1 Å². The fraction of sp³-hybridized carbons (Fsp3) is 0.241. The number of carbonyl (C=O) groups is 4. The highest BCUT2D eigenvalue weighted by molar-refractivity contribution is 6.23. The van der Waals surface area contributed by atoms with Crippen LogP contribution in [-0.2, 0) is 4.79 Å². The van der Waals surface area contributed by atoms with Crippen LogP contribution in [0.1, 0.15) is 56.8 Å². The molecule has 4 amide bonds. The van der Waals surface area contributed by atoms with E-state index in [2.05, 4.69) is 10.6 Å². The summed E-state index contributed by atoms with van der Waals surface area (Å²) in [4.78, 5) is 62.1. The Labute approximate surface area is 235 Å². The van der Waals surface area contributed by atoms with Gasteiger partial charge in [-0.15, -0.1) is 0 Å². The van der Waals surface area contributed by atoms with Crippen molar-refractivity contribution < 1.29 is 33.6 Å². The normalized spacial score (nSPS) is 12.1. The van der Waals surface area contributed by atoms with Gasteiger partial charge >= 0.3 is 0 Å². The standard InChI is InChI=1S/C29H28N4O8/c1-40-23-17-21(31-27(35)18-10-5-3-6-11-18)24(41-2)16-20(23)30-25(34)14-7-4-8-15-32-28(36)19-12-9-13-22(33(38)39)26(19)29(32)37/h3,5-6,9-13,16-17H,4,7-8,14-15H2,1-2H3,(H,30,34)(H,31,35). The summed E-state index contributed by atoms with van der Waals surface area (Å²) >= 11 is 0. The Morgan fingerprint density at radius 1 is 0.854 bits per heavy atom. The molecule has 0 atom stereocenters. The zero-order chi connectivity index (χ0) is 29.5. The van der Waals surface area contributed by atoms with Crippen LogP contribution in [0.15, 0.2) is 60.7 Å². The average Bonchev–Trinajstić information content (AvgIpc) is 3.22. The maximum absolute atomic E-state index is 12.7.